The standard InChI is InChI=1S/C10H17N3O5/c1-5(7(14)8(11)15)12-9(16)6-3-2-4-13(6)10(17)18/h5-7,14H,2-4H2,1H3,(H2,11,15)(H,12,16)(H,17,18)/t5-,6-,7+/m0/s1. The lowest BCUT2D eigenvalue weighted by Gasteiger charge is -2.24. The zero-order valence-corrected chi connectivity index (χ0v) is 10.00. The number of rotatable bonds is 4. The molecule has 5 N–H and O–H groups in total. The predicted molar refractivity (Wildman–Crippen MR) is 60.6 cm³/mol. The van der Waals surface area contributed by atoms with E-state index in [2.05, 4.69) is 5.32 Å². The number of hydrogen-bond acceptors (Lipinski definition) is 4. The van der Waals surface area contributed by atoms with Crippen LogP contribution in [0, 0.1) is 0 Å². The molecule has 1 saturated heterocycles. The molecule has 3 amide bonds. The van der Waals surface area contributed by atoms with Crippen molar-refractivity contribution in [3.63, 3.8) is 0 Å². The van der Waals surface area contributed by atoms with Crippen LogP contribution in [0.3, 0.4) is 0 Å². The summed E-state index contributed by atoms with van der Waals surface area (Å²) in [5.41, 5.74) is 4.90. The third-order valence-corrected chi connectivity index (χ3v) is 2.94. The van der Waals surface area contributed by atoms with Crippen LogP contribution < -0.4 is 11.1 Å². The van der Waals surface area contributed by atoms with Gasteiger partial charge in [-0.3, -0.25) is 14.5 Å². The first-order valence-electron chi connectivity index (χ1n) is 5.62. The highest BCUT2D eigenvalue weighted by Crippen LogP contribution is 2.17. The number of carbonyl (C=O) groups is 3. The van der Waals surface area contributed by atoms with Crippen molar-refractivity contribution in [2.75, 3.05) is 6.54 Å². The average Bonchev–Trinajstić information content (AvgIpc) is 2.76. The van der Waals surface area contributed by atoms with Gasteiger partial charge in [-0.15, -0.1) is 0 Å². The van der Waals surface area contributed by atoms with E-state index in [0.717, 1.165) is 4.90 Å². The van der Waals surface area contributed by atoms with Gasteiger partial charge < -0.3 is 21.3 Å². The monoisotopic (exact) mass is 259 g/mol. The van der Waals surface area contributed by atoms with Crippen LogP contribution in [0.4, 0.5) is 4.79 Å². The lowest BCUT2D eigenvalue weighted by atomic mass is 10.1. The summed E-state index contributed by atoms with van der Waals surface area (Å²) in [6, 6.07) is -1.63. The molecular weight excluding hydrogens is 242 g/mol. The van der Waals surface area contributed by atoms with E-state index < -0.39 is 36.1 Å². The molecule has 0 spiro atoms. The fourth-order valence-electron chi connectivity index (χ4n) is 1.91. The predicted octanol–water partition coefficient (Wildman–Crippen LogP) is -1.52. The third kappa shape index (κ3) is 3.10. The molecule has 0 radical (unpaired) electrons. The summed E-state index contributed by atoms with van der Waals surface area (Å²) in [4.78, 5) is 34.5. The Labute approximate surface area is 104 Å². The van der Waals surface area contributed by atoms with Crippen molar-refractivity contribution in [2.45, 2.75) is 38.0 Å². The Hall–Kier alpha value is -1.83. The Morgan fingerprint density at radius 3 is 2.56 bits per heavy atom. The van der Waals surface area contributed by atoms with Crippen LogP contribution in [0.25, 0.3) is 0 Å². The number of nitrogens with two attached hydrogens (primary N) is 1. The van der Waals surface area contributed by atoms with Crippen LogP contribution in [-0.4, -0.2) is 57.8 Å². The number of carboxylic acid groups (broad SMARTS) is 1. The molecule has 8 heteroatoms. The summed E-state index contributed by atoms with van der Waals surface area (Å²) in [5.74, 6) is -1.47. The highest BCUT2D eigenvalue weighted by Gasteiger charge is 2.35. The molecule has 1 aliphatic heterocycles. The van der Waals surface area contributed by atoms with Gasteiger partial charge in [-0.2, -0.15) is 0 Å². The molecule has 18 heavy (non-hydrogen) atoms. The Balaban J connectivity index is 2.60. The largest absolute Gasteiger partial charge is 0.465 e. The molecule has 0 aliphatic carbocycles. The number of nitrogens with one attached hydrogen (secondary N) is 1. The van der Waals surface area contributed by atoms with Crippen molar-refractivity contribution in [3.8, 4) is 0 Å². The fraction of sp³-hybridized carbons (Fsp3) is 0.700. The molecule has 1 rings (SSSR count). The van der Waals surface area contributed by atoms with Crippen molar-refractivity contribution in [3.05, 3.63) is 0 Å². The van der Waals surface area contributed by atoms with E-state index in [0.29, 0.717) is 19.4 Å². The molecule has 0 bridgehead atoms. The lowest BCUT2D eigenvalue weighted by Crippen LogP contribution is -2.53. The average molecular weight is 259 g/mol. The molecule has 0 aromatic rings. The Kier molecular flexibility index (Phi) is 4.49. The maximum Gasteiger partial charge on any atom is 0.407 e. The van der Waals surface area contributed by atoms with E-state index >= 15 is 0 Å². The maximum absolute atomic E-state index is 11.8. The minimum absolute atomic E-state index is 0.306. The first kappa shape index (κ1) is 14.2. The van der Waals surface area contributed by atoms with Gasteiger partial charge in [0.1, 0.15) is 6.04 Å². The molecule has 0 aromatic carbocycles. The second kappa shape index (κ2) is 5.67. The number of primary amides is 1. The van der Waals surface area contributed by atoms with E-state index in [4.69, 9.17) is 10.8 Å². The van der Waals surface area contributed by atoms with Gasteiger partial charge >= 0.3 is 6.09 Å². The zero-order chi connectivity index (χ0) is 13.9. The lowest BCUT2D eigenvalue weighted by molar-refractivity contribution is -0.130. The Morgan fingerprint density at radius 1 is 1.44 bits per heavy atom. The number of nitrogens with zero attached hydrogens (tertiary/aromatic N) is 1. The minimum Gasteiger partial charge on any atom is -0.465 e. The second-order valence-electron chi connectivity index (χ2n) is 4.28. The second-order valence-corrected chi connectivity index (χ2v) is 4.28. The molecule has 1 aliphatic rings. The minimum atomic E-state index is -1.49. The van der Waals surface area contributed by atoms with Crippen molar-refractivity contribution in [1.29, 1.82) is 0 Å². The number of aliphatic hydroxyl groups is 1. The van der Waals surface area contributed by atoms with Gasteiger partial charge in [0.15, 0.2) is 6.10 Å². The summed E-state index contributed by atoms with van der Waals surface area (Å²) in [5, 5.41) is 20.6. The molecule has 8 nitrogen and oxygen atoms in total. The molecule has 0 aromatic heterocycles. The van der Waals surface area contributed by atoms with Gasteiger partial charge in [-0.05, 0) is 19.8 Å². The van der Waals surface area contributed by atoms with Crippen LogP contribution in [0.5, 0.6) is 0 Å². The molecule has 1 fully saturated rings. The van der Waals surface area contributed by atoms with Crippen LogP contribution in [0.15, 0.2) is 0 Å². The molecule has 0 saturated carbocycles. The van der Waals surface area contributed by atoms with Crippen LogP contribution in [0.1, 0.15) is 19.8 Å². The number of amides is 3. The summed E-state index contributed by atoms with van der Waals surface area (Å²) in [7, 11) is 0. The zero-order valence-electron chi connectivity index (χ0n) is 10.00. The summed E-state index contributed by atoms with van der Waals surface area (Å²) in [6.07, 6.45) is -1.61. The van der Waals surface area contributed by atoms with E-state index in [9.17, 15) is 19.5 Å². The topological polar surface area (TPSA) is 133 Å². The Morgan fingerprint density at radius 2 is 2.06 bits per heavy atom. The van der Waals surface area contributed by atoms with Crippen molar-refractivity contribution in [2.24, 2.45) is 5.73 Å². The highest BCUT2D eigenvalue weighted by atomic mass is 16.4. The van der Waals surface area contributed by atoms with Gasteiger partial charge in [0.05, 0.1) is 6.04 Å². The van der Waals surface area contributed by atoms with E-state index in [1.54, 1.807) is 0 Å². The summed E-state index contributed by atoms with van der Waals surface area (Å²) >= 11 is 0. The van der Waals surface area contributed by atoms with Gasteiger partial charge in [0, 0.05) is 6.54 Å². The fourth-order valence-corrected chi connectivity index (χ4v) is 1.91. The number of aliphatic hydroxyl groups excluding tert-OH is 1. The van der Waals surface area contributed by atoms with E-state index in [1.165, 1.54) is 6.92 Å². The SMILES string of the molecule is C[C@H](NC(=O)[C@@H]1CCCN1C(=O)O)[C@@H](O)C(N)=O. The smallest absolute Gasteiger partial charge is 0.407 e. The van der Waals surface area contributed by atoms with Gasteiger partial charge in [0.25, 0.3) is 0 Å². The molecular formula is C10H17N3O5. The van der Waals surface area contributed by atoms with Gasteiger partial charge in [0.2, 0.25) is 11.8 Å². The number of likely N-dealkylation sites (tertiary alicyclic amines) is 1. The highest BCUT2D eigenvalue weighted by molar-refractivity contribution is 5.87. The van der Waals surface area contributed by atoms with Crippen LogP contribution >= 0.6 is 0 Å². The first-order valence-corrected chi connectivity index (χ1v) is 5.62. The maximum atomic E-state index is 11.8. The summed E-state index contributed by atoms with van der Waals surface area (Å²) in [6.45, 7) is 1.73. The quantitative estimate of drug-likeness (QED) is 0.486. The molecule has 102 valence electrons. The molecule has 0 unspecified atom stereocenters. The number of hydrogen-bond donors (Lipinski definition) is 4. The van der Waals surface area contributed by atoms with Crippen LogP contribution in [0.2, 0.25) is 0 Å². The van der Waals surface area contributed by atoms with Crippen molar-refractivity contribution in [1.82, 2.24) is 10.2 Å². The van der Waals surface area contributed by atoms with Gasteiger partial charge in [-0.1, -0.05) is 0 Å². The molecule has 1 heterocycles. The first-order chi connectivity index (χ1) is 8.34. The van der Waals surface area contributed by atoms with Crippen molar-refractivity contribution < 1.29 is 24.6 Å². The summed E-state index contributed by atoms with van der Waals surface area (Å²) < 4.78 is 0. The number of carbonyl (C=O) groups excluding carboxylic acids is 2. The van der Waals surface area contributed by atoms with Crippen molar-refractivity contribution >= 4 is 17.9 Å². The van der Waals surface area contributed by atoms with Gasteiger partial charge in [-0.25, -0.2) is 4.79 Å². The normalized spacial score (nSPS) is 22.3. The molecule has 3 atom stereocenters. The Bertz CT molecular complexity index is 359. The third-order valence-electron chi connectivity index (χ3n) is 2.94. The van der Waals surface area contributed by atoms with E-state index in [-0.39, 0.29) is 0 Å². The van der Waals surface area contributed by atoms with E-state index in [1.807, 2.05) is 0 Å². The van der Waals surface area contributed by atoms with Crippen LogP contribution in [-0.2, 0) is 9.59 Å².